The highest BCUT2D eigenvalue weighted by molar-refractivity contribution is 6.07. The number of primary amides is 2. The van der Waals surface area contributed by atoms with E-state index < -0.39 is 17.2 Å². The molecule has 0 saturated heterocycles. The monoisotopic (exact) mass is 228 g/mol. The van der Waals surface area contributed by atoms with Gasteiger partial charge >= 0.3 is 0 Å². The maximum absolute atomic E-state index is 11.5. The van der Waals surface area contributed by atoms with Crippen molar-refractivity contribution in [1.29, 1.82) is 0 Å². The Morgan fingerprint density at radius 1 is 1.12 bits per heavy atom. The van der Waals surface area contributed by atoms with Crippen molar-refractivity contribution in [3.05, 3.63) is 0 Å². The van der Waals surface area contributed by atoms with Crippen LogP contribution in [0.5, 0.6) is 0 Å². The van der Waals surface area contributed by atoms with Crippen LogP contribution in [-0.2, 0) is 14.4 Å². The summed E-state index contributed by atoms with van der Waals surface area (Å²) in [5.41, 5.74) is 8.89. The van der Waals surface area contributed by atoms with Crippen LogP contribution in [0.4, 0.5) is 0 Å². The van der Waals surface area contributed by atoms with Crippen molar-refractivity contribution >= 4 is 17.6 Å². The average Bonchev–Trinajstić information content (AvgIpc) is 2.15. The number of Topliss-reactive ketones (excluding diaryl/α,β-unsaturated/α-hetero) is 1. The number of amides is 2. The normalized spacial score (nSPS) is 14.1. The van der Waals surface area contributed by atoms with Crippen molar-refractivity contribution in [2.75, 3.05) is 0 Å². The molecule has 0 radical (unpaired) electrons. The Hall–Kier alpha value is -1.39. The molecule has 5 heteroatoms. The van der Waals surface area contributed by atoms with Gasteiger partial charge < -0.3 is 11.5 Å². The van der Waals surface area contributed by atoms with E-state index in [-0.39, 0.29) is 12.2 Å². The number of carbonyl (C=O) groups is 3. The van der Waals surface area contributed by atoms with Gasteiger partial charge in [-0.1, -0.05) is 26.2 Å². The SMILES string of the molecule is CCCCCC(CC(N)=O)(C(C)=O)C(N)=O. The number of rotatable bonds is 8. The second kappa shape index (κ2) is 6.25. The van der Waals surface area contributed by atoms with Crippen LogP contribution in [0.1, 0.15) is 46.0 Å². The molecular formula is C11H20N2O3. The fourth-order valence-corrected chi connectivity index (χ4v) is 1.75. The quantitative estimate of drug-likeness (QED) is 0.467. The van der Waals surface area contributed by atoms with Crippen molar-refractivity contribution in [2.45, 2.75) is 46.0 Å². The fraction of sp³-hybridized carbons (Fsp3) is 0.727. The van der Waals surface area contributed by atoms with Gasteiger partial charge in [0.2, 0.25) is 11.8 Å². The van der Waals surface area contributed by atoms with Gasteiger partial charge in [-0.15, -0.1) is 0 Å². The maximum atomic E-state index is 11.5. The molecule has 1 unspecified atom stereocenters. The van der Waals surface area contributed by atoms with Gasteiger partial charge in [0.1, 0.15) is 11.2 Å². The highest BCUT2D eigenvalue weighted by Gasteiger charge is 2.42. The molecule has 0 heterocycles. The Bertz CT molecular complexity index is 273. The van der Waals surface area contributed by atoms with Gasteiger partial charge in [0, 0.05) is 6.42 Å². The predicted octanol–water partition coefficient (Wildman–Crippen LogP) is 0.503. The van der Waals surface area contributed by atoms with E-state index in [1.54, 1.807) is 0 Å². The standard InChI is InChI=1S/C11H20N2O3/c1-3-4-5-6-11(8(2)14,10(13)16)7-9(12)15/h3-7H2,1-2H3,(H2,12,15)(H2,13,16). The average molecular weight is 228 g/mol. The molecule has 0 aromatic heterocycles. The van der Waals surface area contributed by atoms with Crippen LogP contribution in [-0.4, -0.2) is 17.6 Å². The number of hydrogen-bond acceptors (Lipinski definition) is 3. The van der Waals surface area contributed by atoms with Gasteiger partial charge in [0.15, 0.2) is 0 Å². The van der Waals surface area contributed by atoms with Crippen molar-refractivity contribution in [3.8, 4) is 0 Å². The zero-order chi connectivity index (χ0) is 12.8. The summed E-state index contributed by atoms with van der Waals surface area (Å²) in [5.74, 6) is -1.81. The molecule has 2 amide bonds. The number of unbranched alkanes of at least 4 members (excludes halogenated alkanes) is 2. The molecule has 0 aliphatic heterocycles. The minimum absolute atomic E-state index is 0.290. The van der Waals surface area contributed by atoms with E-state index in [2.05, 4.69) is 0 Å². The summed E-state index contributed by atoms with van der Waals surface area (Å²) >= 11 is 0. The van der Waals surface area contributed by atoms with Crippen molar-refractivity contribution in [1.82, 2.24) is 0 Å². The highest BCUT2D eigenvalue weighted by Crippen LogP contribution is 2.30. The van der Waals surface area contributed by atoms with Crippen LogP contribution in [0.25, 0.3) is 0 Å². The summed E-state index contributed by atoms with van der Waals surface area (Å²) in [6.45, 7) is 3.29. The minimum atomic E-state index is -1.40. The summed E-state index contributed by atoms with van der Waals surface area (Å²) in [6.07, 6.45) is 2.55. The Morgan fingerprint density at radius 2 is 1.69 bits per heavy atom. The van der Waals surface area contributed by atoms with Crippen molar-refractivity contribution in [2.24, 2.45) is 16.9 Å². The number of hydrogen-bond donors (Lipinski definition) is 2. The summed E-state index contributed by atoms with van der Waals surface area (Å²) in [4.78, 5) is 33.8. The molecular weight excluding hydrogens is 208 g/mol. The predicted molar refractivity (Wildman–Crippen MR) is 60.3 cm³/mol. The zero-order valence-electron chi connectivity index (χ0n) is 9.91. The van der Waals surface area contributed by atoms with E-state index in [9.17, 15) is 14.4 Å². The maximum Gasteiger partial charge on any atom is 0.231 e. The van der Waals surface area contributed by atoms with Gasteiger partial charge in [-0.2, -0.15) is 0 Å². The van der Waals surface area contributed by atoms with E-state index in [1.165, 1.54) is 6.92 Å². The lowest BCUT2D eigenvalue weighted by Crippen LogP contribution is -2.45. The van der Waals surface area contributed by atoms with Gasteiger partial charge in [-0.25, -0.2) is 0 Å². The number of carbonyl (C=O) groups excluding carboxylic acids is 3. The molecule has 0 aliphatic carbocycles. The topological polar surface area (TPSA) is 103 Å². The molecule has 0 aliphatic rings. The van der Waals surface area contributed by atoms with Gasteiger partial charge in [0.25, 0.3) is 0 Å². The molecule has 5 nitrogen and oxygen atoms in total. The molecule has 0 aromatic rings. The second-order valence-electron chi connectivity index (χ2n) is 4.10. The lowest BCUT2D eigenvalue weighted by atomic mass is 9.75. The molecule has 0 aromatic carbocycles. The number of ketones is 1. The van der Waals surface area contributed by atoms with Crippen LogP contribution in [0.2, 0.25) is 0 Å². The van der Waals surface area contributed by atoms with Crippen LogP contribution >= 0.6 is 0 Å². The van der Waals surface area contributed by atoms with Gasteiger partial charge in [0.05, 0.1) is 0 Å². The van der Waals surface area contributed by atoms with E-state index in [1.807, 2.05) is 6.92 Å². The smallest absolute Gasteiger partial charge is 0.231 e. The van der Waals surface area contributed by atoms with E-state index in [4.69, 9.17) is 11.5 Å². The molecule has 0 bridgehead atoms. The van der Waals surface area contributed by atoms with E-state index in [0.717, 1.165) is 12.8 Å². The first-order valence-corrected chi connectivity index (χ1v) is 5.46. The third-order valence-electron chi connectivity index (χ3n) is 2.83. The lowest BCUT2D eigenvalue weighted by Gasteiger charge is -2.26. The van der Waals surface area contributed by atoms with Crippen LogP contribution in [0.15, 0.2) is 0 Å². The van der Waals surface area contributed by atoms with Crippen LogP contribution in [0.3, 0.4) is 0 Å². The lowest BCUT2D eigenvalue weighted by molar-refractivity contribution is -0.143. The van der Waals surface area contributed by atoms with E-state index in [0.29, 0.717) is 12.8 Å². The minimum Gasteiger partial charge on any atom is -0.370 e. The molecule has 0 fully saturated rings. The summed E-state index contributed by atoms with van der Waals surface area (Å²) < 4.78 is 0. The summed E-state index contributed by atoms with van der Waals surface area (Å²) in [6, 6.07) is 0. The molecule has 0 saturated carbocycles. The van der Waals surface area contributed by atoms with Crippen LogP contribution in [0, 0.1) is 5.41 Å². The molecule has 0 spiro atoms. The first-order chi connectivity index (χ1) is 7.36. The van der Waals surface area contributed by atoms with E-state index >= 15 is 0 Å². The molecule has 16 heavy (non-hydrogen) atoms. The molecule has 0 rings (SSSR count). The largest absolute Gasteiger partial charge is 0.370 e. The third-order valence-corrected chi connectivity index (χ3v) is 2.83. The second-order valence-corrected chi connectivity index (χ2v) is 4.10. The number of nitrogens with two attached hydrogens (primary N) is 2. The van der Waals surface area contributed by atoms with Crippen molar-refractivity contribution in [3.63, 3.8) is 0 Å². The Labute approximate surface area is 95.6 Å². The molecule has 1 atom stereocenters. The fourth-order valence-electron chi connectivity index (χ4n) is 1.75. The summed E-state index contributed by atoms with van der Waals surface area (Å²) in [5, 5.41) is 0. The molecule has 92 valence electrons. The Balaban J connectivity index is 4.87. The van der Waals surface area contributed by atoms with Crippen molar-refractivity contribution < 1.29 is 14.4 Å². The van der Waals surface area contributed by atoms with Gasteiger partial charge in [-0.05, 0) is 13.3 Å². The van der Waals surface area contributed by atoms with Crippen LogP contribution < -0.4 is 11.5 Å². The first kappa shape index (κ1) is 14.6. The summed E-state index contributed by atoms with van der Waals surface area (Å²) in [7, 11) is 0. The first-order valence-electron chi connectivity index (χ1n) is 5.46. The highest BCUT2D eigenvalue weighted by atomic mass is 16.2. The zero-order valence-corrected chi connectivity index (χ0v) is 9.91. The van der Waals surface area contributed by atoms with Gasteiger partial charge in [-0.3, -0.25) is 14.4 Å². The Kier molecular flexibility index (Phi) is 5.71. The third kappa shape index (κ3) is 3.64. The molecule has 4 N–H and O–H groups in total. The Morgan fingerprint density at radius 3 is 2.00 bits per heavy atom.